The molecule has 0 aliphatic heterocycles. The molecule has 17 heavy (non-hydrogen) atoms. The molecule has 1 unspecified atom stereocenters. The second-order valence-corrected chi connectivity index (χ2v) is 5.48. The number of hydrogen-bond donors (Lipinski definition) is 1. The minimum atomic E-state index is -0.594. The summed E-state index contributed by atoms with van der Waals surface area (Å²) in [5.74, 6) is 0. The monoisotopic (exact) mass is 237 g/mol. The summed E-state index contributed by atoms with van der Waals surface area (Å²) >= 11 is 0. The topological polar surface area (TPSA) is 63.4 Å². The van der Waals surface area contributed by atoms with Crippen LogP contribution in [0.2, 0.25) is 0 Å². The minimum absolute atomic E-state index is 0.0910. The molecule has 0 aromatic heterocycles. The van der Waals surface area contributed by atoms with E-state index >= 15 is 0 Å². The molecule has 1 rings (SSSR count). The second-order valence-electron chi connectivity index (χ2n) is 5.48. The largest absolute Gasteiger partial charge is 0.392 e. The molecule has 0 bridgehead atoms. The lowest BCUT2D eigenvalue weighted by Crippen LogP contribution is -2.28. The second kappa shape index (κ2) is 4.84. The smallest absolute Gasteiger partial charge is 0.272 e. The molecule has 0 amide bonds. The number of hydrogen-bond acceptors (Lipinski definition) is 3. The van der Waals surface area contributed by atoms with E-state index in [-0.39, 0.29) is 11.1 Å². The van der Waals surface area contributed by atoms with Crippen molar-refractivity contribution < 1.29 is 10.0 Å². The maximum absolute atomic E-state index is 10.9. The van der Waals surface area contributed by atoms with Gasteiger partial charge in [0, 0.05) is 18.1 Å². The van der Waals surface area contributed by atoms with Crippen molar-refractivity contribution in [3.8, 4) is 0 Å². The van der Waals surface area contributed by atoms with Crippen LogP contribution < -0.4 is 0 Å². The summed E-state index contributed by atoms with van der Waals surface area (Å²) in [6, 6.07) is 5.10. The number of nitrogens with zero attached hydrogens (tertiary/aromatic N) is 1. The van der Waals surface area contributed by atoms with Crippen LogP contribution in [0.1, 0.15) is 31.9 Å². The molecule has 4 heteroatoms. The number of aliphatic hydroxyl groups excluding tert-OH is 1. The Bertz CT molecular complexity index is 421. The first kappa shape index (κ1) is 13.6. The number of nitro benzene ring substituents is 1. The fourth-order valence-electron chi connectivity index (χ4n) is 1.53. The van der Waals surface area contributed by atoms with E-state index in [0.29, 0.717) is 12.0 Å². The SMILES string of the molecule is Cc1ccc(CC(O)C(C)(C)C)c([N+](=O)[O-])c1. The molecular formula is C13H19NO3. The van der Waals surface area contributed by atoms with Crippen LogP contribution in [0.25, 0.3) is 0 Å². The van der Waals surface area contributed by atoms with Crippen molar-refractivity contribution >= 4 is 5.69 Å². The maximum atomic E-state index is 10.9. The summed E-state index contributed by atoms with van der Waals surface area (Å²) in [7, 11) is 0. The van der Waals surface area contributed by atoms with Crippen molar-refractivity contribution in [2.75, 3.05) is 0 Å². The third kappa shape index (κ3) is 3.53. The van der Waals surface area contributed by atoms with Crippen LogP contribution in [-0.2, 0) is 6.42 Å². The summed E-state index contributed by atoms with van der Waals surface area (Å²) in [6.07, 6.45) is -0.288. The highest BCUT2D eigenvalue weighted by Gasteiger charge is 2.25. The zero-order valence-electron chi connectivity index (χ0n) is 10.7. The average molecular weight is 237 g/mol. The third-order valence-electron chi connectivity index (χ3n) is 2.85. The molecule has 0 aliphatic carbocycles. The molecule has 4 nitrogen and oxygen atoms in total. The lowest BCUT2D eigenvalue weighted by molar-refractivity contribution is -0.385. The van der Waals surface area contributed by atoms with Gasteiger partial charge in [0.15, 0.2) is 0 Å². The van der Waals surface area contributed by atoms with Crippen molar-refractivity contribution in [2.45, 2.75) is 40.2 Å². The third-order valence-corrected chi connectivity index (χ3v) is 2.85. The van der Waals surface area contributed by atoms with E-state index in [2.05, 4.69) is 0 Å². The summed E-state index contributed by atoms with van der Waals surface area (Å²) in [5, 5.41) is 20.9. The first-order valence-electron chi connectivity index (χ1n) is 5.64. The molecule has 94 valence electrons. The Labute approximate surface area is 101 Å². The zero-order valence-corrected chi connectivity index (χ0v) is 10.7. The molecule has 0 fully saturated rings. The number of nitro groups is 1. The Hall–Kier alpha value is -1.42. The summed E-state index contributed by atoms with van der Waals surface area (Å²) in [6.45, 7) is 7.56. The normalized spacial score (nSPS) is 13.5. The van der Waals surface area contributed by atoms with Crippen LogP contribution in [0.5, 0.6) is 0 Å². The van der Waals surface area contributed by atoms with Crippen LogP contribution in [0.15, 0.2) is 18.2 Å². The molecule has 1 atom stereocenters. The molecular weight excluding hydrogens is 218 g/mol. The van der Waals surface area contributed by atoms with E-state index in [9.17, 15) is 15.2 Å². The van der Waals surface area contributed by atoms with Gasteiger partial charge in [-0.15, -0.1) is 0 Å². The van der Waals surface area contributed by atoms with Gasteiger partial charge in [-0.3, -0.25) is 10.1 Å². The highest BCUT2D eigenvalue weighted by atomic mass is 16.6. The van der Waals surface area contributed by atoms with E-state index in [4.69, 9.17) is 0 Å². The van der Waals surface area contributed by atoms with Gasteiger partial charge in [-0.1, -0.05) is 32.9 Å². The summed E-state index contributed by atoms with van der Waals surface area (Å²) in [4.78, 5) is 10.5. The predicted molar refractivity (Wildman–Crippen MR) is 67.0 cm³/mol. The van der Waals surface area contributed by atoms with Gasteiger partial charge in [0.05, 0.1) is 11.0 Å². The molecule has 1 aromatic carbocycles. The van der Waals surface area contributed by atoms with Crippen LogP contribution in [0.3, 0.4) is 0 Å². The standard InChI is InChI=1S/C13H19NO3/c1-9-5-6-10(11(7-9)14(16)17)8-12(15)13(2,3)4/h5-7,12,15H,8H2,1-4H3. The van der Waals surface area contributed by atoms with E-state index in [1.807, 2.05) is 33.8 Å². The molecule has 0 radical (unpaired) electrons. The molecule has 1 aromatic rings. The first-order valence-corrected chi connectivity index (χ1v) is 5.64. The average Bonchev–Trinajstić information content (AvgIpc) is 2.18. The van der Waals surface area contributed by atoms with E-state index in [0.717, 1.165) is 5.56 Å². The Morgan fingerprint density at radius 2 is 2.00 bits per heavy atom. The maximum Gasteiger partial charge on any atom is 0.272 e. The van der Waals surface area contributed by atoms with Crippen molar-refractivity contribution in [3.05, 3.63) is 39.4 Å². The van der Waals surface area contributed by atoms with Gasteiger partial charge in [-0.05, 0) is 17.9 Å². The minimum Gasteiger partial charge on any atom is -0.392 e. The van der Waals surface area contributed by atoms with Gasteiger partial charge in [0.1, 0.15) is 0 Å². The van der Waals surface area contributed by atoms with Gasteiger partial charge < -0.3 is 5.11 Å². The lowest BCUT2D eigenvalue weighted by atomic mass is 9.85. The Balaban J connectivity index is 3.03. The van der Waals surface area contributed by atoms with Crippen molar-refractivity contribution in [1.82, 2.24) is 0 Å². The van der Waals surface area contributed by atoms with Gasteiger partial charge in [0.2, 0.25) is 0 Å². The van der Waals surface area contributed by atoms with Crippen molar-refractivity contribution in [3.63, 3.8) is 0 Å². The zero-order chi connectivity index (χ0) is 13.2. The number of aryl methyl sites for hydroxylation is 1. The fourth-order valence-corrected chi connectivity index (χ4v) is 1.53. The van der Waals surface area contributed by atoms with E-state index < -0.39 is 11.0 Å². The summed E-state index contributed by atoms with van der Waals surface area (Å²) in [5.41, 5.74) is 1.25. The van der Waals surface area contributed by atoms with Crippen LogP contribution in [0.4, 0.5) is 5.69 Å². The fraction of sp³-hybridized carbons (Fsp3) is 0.538. The molecule has 0 saturated carbocycles. The first-order chi connectivity index (χ1) is 7.71. The number of rotatable bonds is 3. The predicted octanol–water partition coefficient (Wildman–Crippen LogP) is 2.85. The van der Waals surface area contributed by atoms with Crippen LogP contribution >= 0.6 is 0 Å². The molecule has 1 N–H and O–H groups in total. The highest BCUT2D eigenvalue weighted by molar-refractivity contribution is 5.43. The highest BCUT2D eigenvalue weighted by Crippen LogP contribution is 2.27. The Morgan fingerprint density at radius 3 is 2.47 bits per heavy atom. The van der Waals surface area contributed by atoms with Crippen LogP contribution in [0, 0.1) is 22.5 Å². The Morgan fingerprint density at radius 1 is 1.41 bits per heavy atom. The summed E-state index contributed by atoms with van der Waals surface area (Å²) < 4.78 is 0. The molecule has 0 aliphatic rings. The van der Waals surface area contributed by atoms with Gasteiger partial charge in [-0.2, -0.15) is 0 Å². The number of benzene rings is 1. The molecule has 0 spiro atoms. The number of aliphatic hydroxyl groups is 1. The van der Waals surface area contributed by atoms with E-state index in [1.54, 1.807) is 12.1 Å². The molecule has 0 saturated heterocycles. The van der Waals surface area contributed by atoms with Crippen molar-refractivity contribution in [1.29, 1.82) is 0 Å². The molecule has 0 heterocycles. The Kier molecular flexibility index (Phi) is 3.88. The van der Waals surface area contributed by atoms with Gasteiger partial charge in [0.25, 0.3) is 5.69 Å². The van der Waals surface area contributed by atoms with Gasteiger partial charge in [-0.25, -0.2) is 0 Å². The van der Waals surface area contributed by atoms with Gasteiger partial charge >= 0.3 is 0 Å². The lowest BCUT2D eigenvalue weighted by Gasteiger charge is -2.25. The van der Waals surface area contributed by atoms with Crippen molar-refractivity contribution in [2.24, 2.45) is 5.41 Å². The van der Waals surface area contributed by atoms with E-state index in [1.165, 1.54) is 0 Å². The quantitative estimate of drug-likeness (QED) is 0.649. The van der Waals surface area contributed by atoms with Crippen LogP contribution in [-0.4, -0.2) is 16.1 Å².